The number of benzene rings is 1. The summed E-state index contributed by atoms with van der Waals surface area (Å²) < 4.78 is 5.70. The third-order valence-electron chi connectivity index (χ3n) is 3.12. The van der Waals surface area contributed by atoms with Crippen LogP contribution in [0.3, 0.4) is 0 Å². The van der Waals surface area contributed by atoms with Gasteiger partial charge >= 0.3 is 0 Å². The lowest BCUT2D eigenvalue weighted by molar-refractivity contribution is -0.137. The molecular formula is C15H24N2O2. The molecule has 1 aromatic rings. The van der Waals surface area contributed by atoms with Gasteiger partial charge in [-0.15, -0.1) is 0 Å². The van der Waals surface area contributed by atoms with E-state index in [0.29, 0.717) is 18.8 Å². The van der Waals surface area contributed by atoms with Gasteiger partial charge in [0.2, 0.25) is 0 Å². The molecule has 19 heavy (non-hydrogen) atoms. The van der Waals surface area contributed by atoms with Crippen LogP contribution in [0, 0.1) is 0 Å². The van der Waals surface area contributed by atoms with Crippen molar-refractivity contribution in [2.45, 2.75) is 39.8 Å². The van der Waals surface area contributed by atoms with E-state index in [4.69, 9.17) is 10.5 Å². The zero-order valence-electron chi connectivity index (χ0n) is 12.2. The number of amides is 1. The topological polar surface area (TPSA) is 55.6 Å². The van der Waals surface area contributed by atoms with Crippen LogP contribution in [-0.2, 0) is 4.79 Å². The molecule has 1 aromatic carbocycles. The van der Waals surface area contributed by atoms with Crippen molar-refractivity contribution in [3.8, 4) is 5.75 Å². The van der Waals surface area contributed by atoms with Gasteiger partial charge in [0.15, 0.2) is 6.10 Å². The second-order valence-electron chi connectivity index (χ2n) is 4.63. The SMILES string of the molecule is CCN(CC)C(=O)C(C)Oc1cccc([C@H](C)N)c1. The summed E-state index contributed by atoms with van der Waals surface area (Å²) in [6.45, 7) is 9.02. The van der Waals surface area contributed by atoms with Crippen LogP contribution in [0.2, 0.25) is 0 Å². The molecule has 4 heteroatoms. The van der Waals surface area contributed by atoms with Crippen LogP contribution >= 0.6 is 0 Å². The van der Waals surface area contributed by atoms with Crippen LogP contribution in [0.5, 0.6) is 5.75 Å². The van der Waals surface area contributed by atoms with Crippen LogP contribution in [-0.4, -0.2) is 30.0 Å². The van der Waals surface area contributed by atoms with Gasteiger partial charge in [-0.1, -0.05) is 12.1 Å². The summed E-state index contributed by atoms with van der Waals surface area (Å²) in [6.07, 6.45) is -0.483. The number of nitrogens with zero attached hydrogens (tertiary/aromatic N) is 1. The average Bonchev–Trinajstić information content (AvgIpc) is 2.40. The number of carbonyl (C=O) groups is 1. The van der Waals surface area contributed by atoms with E-state index in [9.17, 15) is 4.79 Å². The van der Waals surface area contributed by atoms with E-state index in [1.54, 1.807) is 11.8 Å². The lowest BCUT2D eigenvalue weighted by Gasteiger charge is -2.23. The van der Waals surface area contributed by atoms with Gasteiger partial charge in [0, 0.05) is 19.1 Å². The summed E-state index contributed by atoms with van der Waals surface area (Å²) in [5.41, 5.74) is 6.83. The highest BCUT2D eigenvalue weighted by Crippen LogP contribution is 2.19. The van der Waals surface area contributed by atoms with Crippen molar-refractivity contribution in [2.75, 3.05) is 13.1 Å². The van der Waals surface area contributed by atoms with Crippen LogP contribution in [0.25, 0.3) is 0 Å². The molecule has 0 saturated carbocycles. The zero-order valence-corrected chi connectivity index (χ0v) is 12.2. The van der Waals surface area contributed by atoms with Crippen LogP contribution < -0.4 is 10.5 Å². The average molecular weight is 264 g/mol. The van der Waals surface area contributed by atoms with Gasteiger partial charge < -0.3 is 15.4 Å². The Morgan fingerprint density at radius 1 is 1.32 bits per heavy atom. The lowest BCUT2D eigenvalue weighted by Crippen LogP contribution is -2.40. The number of carbonyl (C=O) groups excluding carboxylic acids is 1. The Hall–Kier alpha value is -1.55. The molecule has 0 spiro atoms. The monoisotopic (exact) mass is 264 g/mol. The Morgan fingerprint density at radius 3 is 2.47 bits per heavy atom. The highest BCUT2D eigenvalue weighted by Gasteiger charge is 2.19. The summed E-state index contributed by atoms with van der Waals surface area (Å²) in [5, 5.41) is 0. The maximum absolute atomic E-state index is 12.1. The zero-order chi connectivity index (χ0) is 14.4. The summed E-state index contributed by atoms with van der Waals surface area (Å²) in [4.78, 5) is 13.9. The second-order valence-corrected chi connectivity index (χ2v) is 4.63. The molecule has 4 nitrogen and oxygen atoms in total. The van der Waals surface area contributed by atoms with Gasteiger partial charge in [-0.3, -0.25) is 4.79 Å². The summed E-state index contributed by atoms with van der Waals surface area (Å²) in [7, 11) is 0. The first kappa shape index (κ1) is 15.5. The molecule has 1 unspecified atom stereocenters. The van der Waals surface area contributed by atoms with Crippen LogP contribution in [0.4, 0.5) is 0 Å². The van der Waals surface area contributed by atoms with Crippen molar-refractivity contribution in [3.63, 3.8) is 0 Å². The first-order chi connectivity index (χ1) is 8.99. The third-order valence-corrected chi connectivity index (χ3v) is 3.12. The molecule has 1 amide bonds. The van der Waals surface area contributed by atoms with Gasteiger partial charge in [0.05, 0.1) is 0 Å². The second kappa shape index (κ2) is 7.14. The Labute approximate surface area is 115 Å². The van der Waals surface area contributed by atoms with Crippen LogP contribution in [0.1, 0.15) is 39.3 Å². The van der Waals surface area contributed by atoms with Gasteiger partial charge in [0.25, 0.3) is 5.91 Å². The van der Waals surface area contributed by atoms with E-state index in [0.717, 1.165) is 5.56 Å². The molecule has 2 atom stereocenters. The first-order valence-electron chi connectivity index (χ1n) is 6.80. The number of hydrogen-bond donors (Lipinski definition) is 1. The van der Waals surface area contributed by atoms with E-state index in [-0.39, 0.29) is 11.9 Å². The molecule has 0 heterocycles. The van der Waals surface area contributed by atoms with Gasteiger partial charge in [-0.05, 0) is 45.4 Å². The van der Waals surface area contributed by atoms with Crippen molar-refractivity contribution in [3.05, 3.63) is 29.8 Å². The molecule has 0 bridgehead atoms. The standard InChI is InChI=1S/C15H24N2O2/c1-5-17(6-2)15(18)12(4)19-14-9-7-8-13(10-14)11(3)16/h7-12H,5-6,16H2,1-4H3/t11-,12?/m0/s1. The van der Waals surface area contributed by atoms with E-state index in [1.165, 1.54) is 0 Å². The molecule has 0 aliphatic heterocycles. The smallest absolute Gasteiger partial charge is 0.263 e. The van der Waals surface area contributed by atoms with Crippen molar-refractivity contribution in [2.24, 2.45) is 5.73 Å². The third kappa shape index (κ3) is 4.24. The minimum absolute atomic E-state index is 0.0104. The van der Waals surface area contributed by atoms with E-state index in [1.807, 2.05) is 45.0 Å². The molecular weight excluding hydrogens is 240 g/mol. The van der Waals surface area contributed by atoms with Gasteiger partial charge in [-0.25, -0.2) is 0 Å². The predicted molar refractivity (Wildman–Crippen MR) is 77.1 cm³/mol. The number of nitrogens with two attached hydrogens (primary N) is 1. The van der Waals surface area contributed by atoms with Crippen molar-refractivity contribution < 1.29 is 9.53 Å². The van der Waals surface area contributed by atoms with E-state index < -0.39 is 6.10 Å². The molecule has 0 aliphatic carbocycles. The fourth-order valence-corrected chi connectivity index (χ4v) is 1.92. The minimum atomic E-state index is -0.483. The van der Waals surface area contributed by atoms with Crippen molar-refractivity contribution >= 4 is 5.91 Å². The molecule has 0 aliphatic rings. The first-order valence-corrected chi connectivity index (χ1v) is 6.80. The highest BCUT2D eigenvalue weighted by atomic mass is 16.5. The molecule has 0 radical (unpaired) electrons. The van der Waals surface area contributed by atoms with Crippen molar-refractivity contribution in [1.82, 2.24) is 4.90 Å². The van der Waals surface area contributed by atoms with Gasteiger partial charge in [-0.2, -0.15) is 0 Å². The predicted octanol–water partition coefficient (Wildman–Crippen LogP) is 2.34. The van der Waals surface area contributed by atoms with E-state index in [2.05, 4.69) is 0 Å². The van der Waals surface area contributed by atoms with E-state index >= 15 is 0 Å². The fourth-order valence-electron chi connectivity index (χ4n) is 1.92. The summed E-state index contributed by atoms with van der Waals surface area (Å²) in [5.74, 6) is 0.694. The molecule has 0 saturated heterocycles. The quantitative estimate of drug-likeness (QED) is 0.858. The maximum Gasteiger partial charge on any atom is 0.263 e. The summed E-state index contributed by atoms with van der Waals surface area (Å²) in [6, 6.07) is 7.53. The van der Waals surface area contributed by atoms with Gasteiger partial charge in [0.1, 0.15) is 5.75 Å². The molecule has 2 N–H and O–H groups in total. The van der Waals surface area contributed by atoms with Crippen LogP contribution in [0.15, 0.2) is 24.3 Å². The Balaban J connectivity index is 2.73. The van der Waals surface area contributed by atoms with Crippen molar-refractivity contribution in [1.29, 1.82) is 0 Å². The molecule has 1 rings (SSSR count). The largest absolute Gasteiger partial charge is 0.481 e. The highest BCUT2D eigenvalue weighted by molar-refractivity contribution is 5.80. The number of hydrogen-bond acceptors (Lipinski definition) is 3. The fraction of sp³-hybridized carbons (Fsp3) is 0.533. The lowest BCUT2D eigenvalue weighted by atomic mass is 10.1. The molecule has 106 valence electrons. The maximum atomic E-state index is 12.1. The normalized spacial score (nSPS) is 13.7. The number of rotatable bonds is 6. The molecule has 0 fully saturated rings. The Morgan fingerprint density at radius 2 is 1.95 bits per heavy atom. The Bertz CT molecular complexity index is 414. The molecule has 0 aromatic heterocycles. The Kier molecular flexibility index (Phi) is 5.83. The number of ether oxygens (including phenoxy) is 1. The minimum Gasteiger partial charge on any atom is -0.481 e. The number of likely N-dealkylation sites (N-methyl/N-ethyl adjacent to an activating group) is 1. The summed E-state index contributed by atoms with van der Waals surface area (Å²) >= 11 is 0.